The molecule has 128 valence electrons. The number of nitrogens with zero attached hydrogens (tertiary/aromatic N) is 2. The Morgan fingerprint density at radius 1 is 1.33 bits per heavy atom. The van der Waals surface area contributed by atoms with Gasteiger partial charge >= 0.3 is 6.03 Å². The molecule has 0 spiro atoms. The quantitative estimate of drug-likeness (QED) is 0.635. The van der Waals surface area contributed by atoms with Crippen LogP contribution in [0.25, 0.3) is 10.9 Å². The number of rotatable bonds is 5. The van der Waals surface area contributed by atoms with E-state index in [1.807, 2.05) is 19.2 Å². The maximum atomic E-state index is 12.8. The minimum absolute atomic E-state index is 0.0662. The van der Waals surface area contributed by atoms with Crippen molar-refractivity contribution in [3.05, 3.63) is 34.6 Å². The van der Waals surface area contributed by atoms with Crippen molar-refractivity contribution in [2.24, 2.45) is 5.73 Å². The Kier molecular flexibility index (Phi) is 5.61. The van der Waals surface area contributed by atoms with E-state index in [1.165, 1.54) is 0 Å². The highest BCUT2D eigenvalue weighted by atomic mass is 32.2. The summed E-state index contributed by atoms with van der Waals surface area (Å²) < 4.78 is 1.60. The lowest BCUT2D eigenvalue weighted by atomic mass is 10.2. The molecule has 1 aromatic heterocycles. The van der Waals surface area contributed by atoms with Crippen LogP contribution >= 0.6 is 11.8 Å². The molecule has 0 saturated heterocycles. The first-order valence-corrected chi connectivity index (χ1v) is 8.51. The summed E-state index contributed by atoms with van der Waals surface area (Å²) in [5.41, 5.74) is 5.41. The lowest BCUT2D eigenvalue weighted by Crippen LogP contribution is -2.39. The standard InChI is InChI=1S/C16H20N4O3S/c1-4-9(2)20-14(22)11-7-5-6-8-12(11)18-16(20)24-10(3)13(21)19-15(17)23/h5-10H,4H2,1-3H3,(H3,17,19,21,23)/t9-,10-/m1/s1. The summed E-state index contributed by atoms with van der Waals surface area (Å²) >= 11 is 1.13. The molecule has 24 heavy (non-hydrogen) atoms. The lowest BCUT2D eigenvalue weighted by Gasteiger charge is -2.19. The molecule has 2 atom stereocenters. The number of urea groups is 1. The zero-order valence-corrected chi connectivity index (χ0v) is 14.6. The van der Waals surface area contributed by atoms with E-state index in [4.69, 9.17) is 5.73 Å². The van der Waals surface area contributed by atoms with Gasteiger partial charge in [-0.1, -0.05) is 30.8 Å². The Hall–Kier alpha value is -2.35. The van der Waals surface area contributed by atoms with Crippen LogP contribution in [0, 0.1) is 0 Å². The normalized spacial score (nSPS) is 13.5. The van der Waals surface area contributed by atoms with E-state index in [1.54, 1.807) is 35.8 Å². The number of para-hydroxylation sites is 1. The van der Waals surface area contributed by atoms with E-state index >= 15 is 0 Å². The summed E-state index contributed by atoms with van der Waals surface area (Å²) in [6, 6.07) is 6.13. The largest absolute Gasteiger partial charge is 0.351 e. The van der Waals surface area contributed by atoms with Gasteiger partial charge in [0.2, 0.25) is 5.91 Å². The molecular formula is C16H20N4O3S. The number of primary amides is 1. The number of hydrogen-bond donors (Lipinski definition) is 2. The SMILES string of the molecule is CC[C@@H](C)n1c(S[C@H](C)C(=O)NC(N)=O)nc2ccccc2c1=O. The fourth-order valence-electron chi connectivity index (χ4n) is 2.21. The molecule has 1 aromatic carbocycles. The Balaban J connectivity index is 2.49. The Labute approximate surface area is 143 Å². The Morgan fingerprint density at radius 3 is 2.62 bits per heavy atom. The smallest absolute Gasteiger partial charge is 0.318 e. The second-order valence-electron chi connectivity index (χ2n) is 5.46. The minimum Gasteiger partial charge on any atom is -0.351 e. The van der Waals surface area contributed by atoms with Crippen molar-refractivity contribution >= 4 is 34.6 Å². The van der Waals surface area contributed by atoms with Gasteiger partial charge in [0.25, 0.3) is 5.56 Å². The van der Waals surface area contributed by atoms with E-state index in [2.05, 4.69) is 4.98 Å². The van der Waals surface area contributed by atoms with Gasteiger partial charge in [-0.3, -0.25) is 19.5 Å². The van der Waals surface area contributed by atoms with E-state index in [0.29, 0.717) is 16.1 Å². The van der Waals surface area contributed by atoms with Crippen LogP contribution in [0.4, 0.5) is 4.79 Å². The fourth-order valence-corrected chi connectivity index (χ4v) is 3.22. The van der Waals surface area contributed by atoms with Crippen LogP contribution in [0.1, 0.15) is 33.2 Å². The van der Waals surface area contributed by atoms with Crippen molar-refractivity contribution in [2.45, 2.75) is 43.6 Å². The highest BCUT2D eigenvalue weighted by Crippen LogP contribution is 2.25. The number of amides is 3. The zero-order valence-electron chi connectivity index (χ0n) is 13.8. The monoisotopic (exact) mass is 348 g/mol. The molecule has 7 nitrogen and oxygen atoms in total. The number of benzene rings is 1. The third-order valence-electron chi connectivity index (χ3n) is 3.70. The molecule has 0 aliphatic carbocycles. The van der Waals surface area contributed by atoms with Gasteiger partial charge < -0.3 is 5.73 Å². The Morgan fingerprint density at radius 2 is 2.00 bits per heavy atom. The molecule has 2 aromatic rings. The van der Waals surface area contributed by atoms with Crippen LogP contribution in [0.5, 0.6) is 0 Å². The van der Waals surface area contributed by atoms with Gasteiger partial charge in [-0.15, -0.1) is 0 Å². The fraction of sp³-hybridized carbons (Fsp3) is 0.375. The van der Waals surface area contributed by atoms with E-state index in [-0.39, 0.29) is 11.6 Å². The summed E-state index contributed by atoms with van der Waals surface area (Å²) in [7, 11) is 0. The number of carbonyl (C=O) groups is 2. The predicted octanol–water partition coefficient (Wildman–Crippen LogP) is 2.04. The van der Waals surface area contributed by atoms with Crippen molar-refractivity contribution in [1.29, 1.82) is 0 Å². The molecule has 3 N–H and O–H groups in total. The van der Waals surface area contributed by atoms with E-state index in [0.717, 1.165) is 18.2 Å². The van der Waals surface area contributed by atoms with Crippen molar-refractivity contribution in [2.75, 3.05) is 0 Å². The molecule has 0 aliphatic heterocycles. The van der Waals surface area contributed by atoms with Crippen LogP contribution in [0.15, 0.2) is 34.2 Å². The molecule has 2 rings (SSSR count). The average Bonchev–Trinajstić information content (AvgIpc) is 2.54. The van der Waals surface area contributed by atoms with E-state index < -0.39 is 17.2 Å². The first kappa shape index (κ1) is 18.0. The highest BCUT2D eigenvalue weighted by molar-refractivity contribution is 8.00. The first-order valence-electron chi connectivity index (χ1n) is 7.63. The maximum Gasteiger partial charge on any atom is 0.318 e. The Bertz CT molecular complexity index is 834. The van der Waals surface area contributed by atoms with Crippen LogP contribution in [-0.2, 0) is 4.79 Å². The molecule has 0 unspecified atom stereocenters. The molecule has 0 fully saturated rings. The molecule has 3 amide bonds. The predicted molar refractivity (Wildman–Crippen MR) is 94.1 cm³/mol. The van der Waals surface area contributed by atoms with Crippen molar-refractivity contribution in [1.82, 2.24) is 14.9 Å². The topological polar surface area (TPSA) is 107 Å². The van der Waals surface area contributed by atoms with Gasteiger partial charge in [0.05, 0.1) is 16.2 Å². The molecule has 0 radical (unpaired) electrons. The summed E-state index contributed by atoms with van der Waals surface area (Å²) in [6.45, 7) is 5.53. The average molecular weight is 348 g/mol. The van der Waals surface area contributed by atoms with Gasteiger partial charge in [-0.25, -0.2) is 9.78 Å². The third kappa shape index (κ3) is 3.76. The number of nitrogens with two attached hydrogens (primary N) is 1. The summed E-state index contributed by atoms with van der Waals surface area (Å²) in [4.78, 5) is 40.1. The zero-order chi connectivity index (χ0) is 17.9. The van der Waals surface area contributed by atoms with Gasteiger partial charge in [0.15, 0.2) is 5.16 Å². The summed E-state index contributed by atoms with van der Waals surface area (Å²) in [6.07, 6.45) is 0.745. The molecule has 8 heteroatoms. The number of aromatic nitrogens is 2. The number of carbonyl (C=O) groups excluding carboxylic acids is 2. The van der Waals surface area contributed by atoms with Crippen molar-refractivity contribution in [3.63, 3.8) is 0 Å². The van der Waals surface area contributed by atoms with Gasteiger partial charge in [-0.05, 0) is 32.4 Å². The second kappa shape index (κ2) is 7.48. The molecular weight excluding hydrogens is 328 g/mol. The maximum absolute atomic E-state index is 12.8. The number of imide groups is 1. The van der Waals surface area contributed by atoms with Gasteiger partial charge in [-0.2, -0.15) is 0 Å². The molecule has 0 saturated carbocycles. The number of thioether (sulfide) groups is 1. The third-order valence-corrected chi connectivity index (χ3v) is 4.77. The van der Waals surface area contributed by atoms with Crippen molar-refractivity contribution < 1.29 is 9.59 Å². The van der Waals surface area contributed by atoms with Crippen LogP contribution in [0.3, 0.4) is 0 Å². The number of fused-ring (bicyclic) bond motifs is 1. The molecule has 0 aliphatic rings. The highest BCUT2D eigenvalue weighted by Gasteiger charge is 2.21. The van der Waals surface area contributed by atoms with Crippen LogP contribution in [-0.4, -0.2) is 26.7 Å². The first-order chi connectivity index (χ1) is 11.3. The van der Waals surface area contributed by atoms with E-state index in [9.17, 15) is 14.4 Å². The number of hydrogen-bond acceptors (Lipinski definition) is 5. The summed E-state index contributed by atoms with van der Waals surface area (Å²) in [5.74, 6) is -0.523. The van der Waals surface area contributed by atoms with Gasteiger partial charge in [0.1, 0.15) is 0 Å². The minimum atomic E-state index is -0.904. The van der Waals surface area contributed by atoms with Crippen LogP contribution in [0.2, 0.25) is 0 Å². The second-order valence-corrected chi connectivity index (χ2v) is 6.77. The van der Waals surface area contributed by atoms with Gasteiger partial charge in [0, 0.05) is 6.04 Å². The summed E-state index contributed by atoms with van der Waals surface area (Å²) in [5, 5.41) is 2.40. The molecule has 1 heterocycles. The lowest BCUT2D eigenvalue weighted by molar-refractivity contribution is -0.119. The molecule has 0 bridgehead atoms. The van der Waals surface area contributed by atoms with Crippen molar-refractivity contribution in [3.8, 4) is 0 Å². The van der Waals surface area contributed by atoms with Crippen LogP contribution < -0.4 is 16.6 Å². The number of nitrogens with one attached hydrogen (secondary N) is 1.